The second-order valence-electron chi connectivity index (χ2n) is 4.39. The van der Waals surface area contributed by atoms with Crippen LogP contribution in [0.5, 0.6) is 5.75 Å². The lowest BCUT2D eigenvalue weighted by Crippen LogP contribution is -2.18. The largest absolute Gasteiger partial charge is 0.495 e. The summed E-state index contributed by atoms with van der Waals surface area (Å²) in [6, 6.07) is 12.0. The lowest BCUT2D eigenvalue weighted by molar-refractivity contribution is 0.414. The summed E-state index contributed by atoms with van der Waals surface area (Å²) >= 11 is 0. The summed E-state index contributed by atoms with van der Waals surface area (Å²) in [6.07, 6.45) is 1.82. The van der Waals surface area contributed by atoms with Gasteiger partial charge in [-0.05, 0) is 23.8 Å². The number of hydrogen-bond donors (Lipinski definition) is 1. The van der Waals surface area contributed by atoms with E-state index in [4.69, 9.17) is 10.5 Å². The van der Waals surface area contributed by atoms with Gasteiger partial charge in [-0.3, -0.25) is 4.98 Å². The molecule has 0 bridgehead atoms. The van der Waals surface area contributed by atoms with E-state index < -0.39 is 0 Å². The Hall–Kier alpha value is -2.07. The number of methoxy groups -OCH3 is 1. The number of ether oxygens (including phenoxy) is 1. The smallest absolute Gasteiger partial charge is 0.142 e. The summed E-state index contributed by atoms with van der Waals surface area (Å²) in [4.78, 5) is 6.52. The van der Waals surface area contributed by atoms with Crippen LogP contribution in [0, 0.1) is 0 Å². The summed E-state index contributed by atoms with van der Waals surface area (Å²) in [7, 11) is 3.71. The molecule has 0 fully saturated rings. The van der Waals surface area contributed by atoms with Crippen molar-refractivity contribution in [1.29, 1.82) is 0 Å². The summed E-state index contributed by atoms with van der Waals surface area (Å²) < 4.78 is 5.36. The Balaban J connectivity index is 2.13. The molecular weight excluding hydrogens is 238 g/mol. The van der Waals surface area contributed by atoms with E-state index in [1.54, 1.807) is 7.11 Å². The molecule has 4 nitrogen and oxygen atoms in total. The highest BCUT2D eigenvalue weighted by molar-refractivity contribution is 5.57. The third kappa shape index (κ3) is 3.23. The summed E-state index contributed by atoms with van der Waals surface area (Å²) in [5.41, 5.74) is 8.66. The Bertz CT molecular complexity index is 525. The molecule has 2 rings (SSSR count). The average Bonchev–Trinajstić information content (AvgIpc) is 2.48. The van der Waals surface area contributed by atoms with Gasteiger partial charge in [-0.25, -0.2) is 0 Å². The number of nitrogens with two attached hydrogens (primary N) is 1. The standard InChI is InChI=1S/C15H19N3O/c1-18(14-5-3-4-6-15(14)19-2)11-13-8-7-12(9-16)10-17-13/h3-8,10H,9,11,16H2,1-2H3. The fraction of sp³-hybridized carbons (Fsp3) is 0.267. The first-order chi connectivity index (χ1) is 9.24. The van der Waals surface area contributed by atoms with Crippen LogP contribution in [0.1, 0.15) is 11.3 Å². The summed E-state index contributed by atoms with van der Waals surface area (Å²) in [5.74, 6) is 0.864. The van der Waals surface area contributed by atoms with E-state index in [-0.39, 0.29) is 0 Å². The fourth-order valence-electron chi connectivity index (χ4n) is 1.94. The number of rotatable bonds is 5. The summed E-state index contributed by atoms with van der Waals surface area (Å²) in [5, 5.41) is 0. The van der Waals surface area contributed by atoms with Gasteiger partial charge in [-0.15, -0.1) is 0 Å². The number of benzene rings is 1. The van der Waals surface area contributed by atoms with Crippen molar-refractivity contribution < 1.29 is 4.74 Å². The summed E-state index contributed by atoms with van der Waals surface area (Å²) in [6.45, 7) is 1.25. The Morgan fingerprint density at radius 3 is 2.63 bits per heavy atom. The maximum absolute atomic E-state index is 5.56. The zero-order chi connectivity index (χ0) is 13.7. The molecule has 19 heavy (non-hydrogen) atoms. The molecule has 0 saturated heterocycles. The molecule has 0 unspecified atom stereocenters. The Kier molecular flexibility index (Phi) is 4.36. The first-order valence-corrected chi connectivity index (χ1v) is 6.22. The lowest BCUT2D eigenvalue weighted by Gasteiger charge is -2.21. The Labute approximate surface area is 113 Å². The molecule has 0 aliphatic rings. The van der Waals surface area contributed by atoms with Crippen LogP contribution in [0.2, 0.25) is 0 Å². The number of anilines is 1. The van der Waals surface area contributed by atoms with Crippen molar-refractivity contribution in [1.82, 2.24) is 4.98 Å². The SMILES string of the molecule is COc1ccccc1N(C)Cc1ccc(CN)cn1. The second kappa shape index (κ2) is 6.20. The normalized spacial score (nSPS) is 10.3. The van der Waals surface area contributed by atoms with Crippen LogP contribution in [0.25, 0.3) is 0 Å². The van der Waals surface area contributed by atoms with Gasteiger partial charge in [0, 0.05) is 19.8 Å². The predicted molar refractivity (Wildman–Crippen MR) is 77.2 cm³/mol. The van der Waals surface area contributed by atoms with Crippen LogP contribution in [-0.2, 0) is 13.1 Å². The van der Waals surface area contributed by atoms with Crippen molar-refractivity contribution in [3.8, 4) is 5.75 Å². The average molecular weight is 257 g/mol. The van der Waals surface area contributed by atoms with Gasteiger partial charge in [0.05, 0.1) is 25.0 Å². The van der Waals surface area contributed by atoms with Gasteiger partial charge in [0.25, 0.3) is 0 Å². The third-order valence-electron chi connectivity index (χ3n) is 3.02. The van der Waals surface area contributed by atoms with Crippen LogP contribution in [0.3, 0.4) is 0 Å². The van der Waals surface area contributed by atoms with Gasteiger partial charge in [0.1, 0.15) is 5.75 Å². The van der Waals surface area contributed by atoms with Gasteiger partial charge in [-0.2, -0.15) is 0 Å². The van der Waals surface area contributed by atoms with Gasteiger partial charge in [0.2, 0.25) is 0 Å². The molecule has 100 valence electrons. The minimum atomic E-state index is 0.523. The topological polar surface area (TPSA) is 51.4 Å². The van der Waals surface area contributed by atoms with Crippen molar-refractivity contribution >= 4 is 5.69 Å². The molecular formula is C15H19N3O. The van der Waals surface area contributed by atoms with Crippen molar-refractivity contribution in [2.24, 2.45) is 5.73 Å². The van der Waals surface area contributed by atoms with Crippen LogP contribution < -0.4 is 15.4 Å². The zero-order valence-electron chi connectivity index (χ0n) is 11.3. The first kappa shape index (κ1) is 13.4. The molecule has 0 aliphatic carbocycles. The molecule has 0 aliphatic heterocycles. The lowest BCUT2D eigenvalue weighted by atomic mass is 10.2. The quantitative estimate of drug-likeness (QED) is 0.892. The number of hydrogen-bond acceptors (Lipinski definition) is 4. The van der Waals surface area contributed by atoms with Crippen LogP contribution >= 0.6 is 0 Å². The van der Waals surface area contributed by atoms with Crippen molar-refractivity contribution in [2.75, 3.05) is 19.1 Å². The predicted octanol–water partition coefficient (Wildman–Crippen LogP) is 2.19. The minimum Gasteiger partial charge on any atom is -0.495 e. The van der Waals surface area contributed by atoms with E-state index in [0.717, 1.165) is 29.2 Å². The van der Waals surface area contributed by atoms with Gasteiger partial charge < -0.3 is 15.4 Å². The van der Waals surface area contributed by atoms with E-state index in [1.165, 1.54) is 0 Å². The first-order valence-electron chi connectivity index (χ1n) is 6.22. The van der Waals surface area contributed by atoms with E-state index in [1.807, 2.05) is 49.6 Å². The van der Waals surface area contributed by atoms with Crippen molar-refractivity contribution in [3.63, 3.8) is 0 Å². The second-order valence-corrected chi connectivity index (χ2v) is 4.39. The molecule has 0 saturated carbocycles. The van der Waals surface area contributed by atoms with Crippen LogP contribution in [0.4, 0.5) is 5.69 Å². The fourth-order valence-corrected chi connectivity index (χ4v) is 1.94. The Morgan fingerprint density at radius 2 is 2.00 bits per heavy atom. The number of nitrogens with zero attached hydrogens (tertiary/aromatic N) is 2. The molecule has 0 radical (unpaired) electrons. The molecule has 1 heterocycles. The molecule has 1 aromatic carbocycles. The van der Waals surface area contributed by atoms with Gasteiger partial charge in [-0.1, -0.05) is 18.2 Å². The van der Waals surface area contributed by atoms with E-state index in [9.17, 15) is 0 Å². The molecule has 4 heteroatoms. The van der Waals surface area contributed by atoms with Crippen molar-refractivity contribution in [3.05, 3.63) is 53.9 Å². The monoisotopic (exact) mass is 257 g/mol. The highest BCUT2D eigenvalue weighted by atomic mass is 16.5. The van der Waals surface area contributed by atoms with E-state index in [2.05, 4.69) is 9.88 Å². The van der Waals surface area contributed by atoms with E-state index in [0.29, 0.717) is 6.54 Å². The minimum absolute atomic E-state index is 0.523. The molecule has 1 aromatic heterocycles. The zero-order valence-corrected chi connectivity index (χ0v) is 11.3. The van der Waals surface area contributed by atoms with E-state index >= 15 is 0 Å². The third-order valence-corrected chi connectivity index (χ3v) is 3.02. The molecule has 0 amide bonds. The van der Waals surface area contributed by atoms with Crippen LogP contribution in [0.15, 0.2) is 42.6 Å². The van der Waals surface area contributed by atoms with Crippen LogP contribution in [-0.4, -0.2) is 19.1 Å². The number of pyridine rings is 1. The van der Waals surface area contributed by atoms with Gasteiger partial charge >= 0.3 is 0 Å². The maximum atomic E-state index is 5.56. The highest BCUT2D eigenvalue weighted by Crippen LogP contribution is 2.27. The molecule has 2 N–H and O–H groups in total. The Morgan fingerprint density at radius 1 is 1.21 bits per heavy atom. The maximum Gasteiger partial charge on any atom is 0.142 e. The highest BCUT2D eigenvalue weighted by Gasteiger charge is 2.08. The van der Waals surface area contributed by atoms with Crippen molar-refractivity contribution in [2.45, 2.75) is 13.1 Å². The number of para-hydroxylation sites is 2. The number of aromatic nitrogens is 1. The molecule has 0 atom stereocenters. The van der Waals surface area contributed by atoms with Gasteiger partial charge in [0.15, 0.2) is 0 Å². The molecule has 2 aromatic rings. The molecule has 0 spiro atoms.